The van der Waals surface area contributed by atoms with Crippen molar-refractivity contribution in [3.05, 3.63) is 40.4 Å². The lowest BCUT2D eigenvalue weighted by Crippen LogP contribution is -2.06. The average Bonchev–Trinajstić information content (AvgIpc) is 2.19. The van der Waals surface area contributed by atoms with Crippen LogP contribution in [0, 0.1) is 0 Å². The molecule has 0 aliphatic rings. The van der Waals surface area contributed by atoms with Gasteiger partial charge in [0.25, 0.3) is 0 Å². The van der Waals surface area contributed by atoms with E-state index in [1.54, 1.807) is 6.08 Å². The van der Waals surface area contributed by atoms with Crippen LogP contribution in [0.25, 0.3) is 0 Å². The Kier molecular flexibility index (Phi) is 4.50. The normalized spacial score (nSPS) is 12.1. The lowest BCUT2D eigenvalue weighted by molar-refractivity contribution is -0.137. The van der Waals surface area contributed by atoms with E-state index in [9.17, 15) is 13.2 Å². The van der Waals surface area contributed by atoms with Gasteiger partial charge >= 0.3 is 6.18 Å². The van der Waals surface area contributed by atoms with Gasteiger partial charge in [-0.3, -0.25) is 0 Å². The molecule has 0 heterocycles. The van der Waals surface area contributed by atoms with Crippen LogP contribution in [0.2, 0.25) is 5.02 Å². The second-order valence-corrected chi connectivity index (χ2v) is 3.59. The van der Waals surface area contributed by atoms with Gasteiger partial charge in [-0.25, -0.2) is 0 Å². The standard InChI is InChI=1S/C10H8Cl2F3N/c11-4-1-5-16-9-6-7(10(13,14)15)2-3-8(9)12/h1-4,6,16H,5H2/b4-1+. The molecule has 1 aromatic carbocycles. The molecule has 0 fully saturated rings. The van der Waals surface area contributed by atoms with Crippen LogP contribution in [0.4, 0.5) is 18.9 Å². The fourth-order valence-corrected chi connectivity index (χ4v) is 1.32. The third-order valence-corrected chi connectivity index (χ3v) is 2.30. The number of hydrogen-bond acceptors (Lipinski definition) is 1. The Morgan fingerprint density at radius 1 is 1.31 bits per heavy atom. The minimum absolute atomic E-state index is 0.228. The average molecular weight is 270 g/mol. The van der Waals surface area contributed by atoms with Crippen molar-refractivity contribution in [3.63, 3.8) is 0 Å². The van der Waals surface area contributed by atoms with Gasteiger partial charge in [-0.05, 0) is 18.2 Å². The Bertz CT molecular complexity index is 388. The predicted molar refractivity (Wildman–Crippen MR) is 59.9 cm³/mol. The Hall–Kier alpha value is -0.870. The maximum atomic E-state index is 12.4. The third kappa shape index (κ3) is 3.61. The number of anilines is 1. The van der Waals surface area contributed by atoms with Crippen LogP contribution in [-0.4, -0.2) is 6.54 Å². The largest absolute Gasteiger partial charge is 0.416 e. The van der Waals surface area contributed by atoms with Gasteiger partial charge in [0, 0.05) is 12.1 Å². The van der Waals surface area contributed by atoms with E-state index in [0.29, 0.717) is 6.54 Å². The highest BCUT2D eigenvalue weighted by atomic mass is 35.5. The summed E-state index contributed by atoms with van der Waals surface area (Å²) in [6, 6.07) is 3.10. The molecule has 0 aromatic heterocycles. The molecule has 0 unspecified atom stereocenters. The molecule has 0 atom stereocenters. The highest BCUT2D eigenvalue weighted by Crippen LogP contribution is 2.33. The highest BCUT2D eigenvalue weighted by molar-refractivity contribution is 6.33. The van der Waals surface area contributed by atoms with Gasteiger partial charge < -0.3 is 5.32 Å². The van der Waals surface area contributed by atoms with Crippen LogP contribution in [0.15, 0.2) is 29.8 Å². The van der Waals surface area contributed by atoms with Crippen LogP contribution in [0.3, 0.4) is 0 Å². The van der Waals surface area contributed by atoms with E-state index in [1.807, 2.05) is 0 Å². The molecule has 0 saturated carbocycles. The van der Waals surface area contributed by atoms with Crippen molar-refractivity contribution < 1.29 is 13.2 Å². The van der Waals surface area contributed by atoms with Crippen molar-refractivity contribution in [2.45, 2.75) is 6.18 Å². The molecule has 1 nitrogen and oxygen atoms in total. The molecule has 0 radical (unpaired) electrons. The molecule has 88 valence electrons. The minimum Gasteiger partial charge on any atom is -0.380 e. The van der Waals surface area contributed by atoms with Crippen LogP contribution < -0.4 is 5.32 Å². The summed E-state index contributed by atoms with van der Waals surface area (Å²) in [5.41, 5.74) is 0.759. The monoisotopic (exact) mass is 269 g/mol. The smallest absolute Gasteiger partial charge is 0.380 e. The van der Waals surface area contributed by atoms with Crippen molar-refractivity contribution in [1.29, 1.82) is 0 Å². The predicted octanol–water partition coefficient (Wildman–Crippen LogP) is 4.52. The van der Waals surface area contributed by atoms with Gasteiger partial charge in [0.15, 0.2) is 0 Å². The number of rotatable bonds is 3. The van der Waals surface area contributed by atoms with Crippen LogP contribution in [-0.2, 0) is 6.18 Å². The van der Waals surface area contributed by atoms with Gasteiger partial charge in [0.2, 0.25) is 0 Å². The first-order valence-corrected chi connectivity index (χ1v) is 5.12. The summed E-state index contributed by atoms with van der Waals surface area (Å²) in [6.45, 7) is 0.310. The fraction of sp³-hybridized carbons (Fsp3) is 0.200. The zero-order valence-corrected chi connectivity index (χ0v) is 9.50. The molecule has 0 spiro atoms. The summed E-state index contributed by atoms with van der Waals surface area (Å²) in [7, 11) is 0. The summed E-state index contributed by atoms with van der Waals surface area (Å²) in [4.78, 5) is 0. The third-order valence-electron chi connectivity index (χ3n) is 1.79. The Morgan fingerprint density at radius 2 is 2.00 bits per heavy atom. The number of alkyl halides is 3. The van der Waals surface area contributed by atoms with E-state index in [2.05, 4.69) is 5.32 Å². The molecular formula is C10H8Cl2F3N. The zero-order chi connectivity index (χ0) is 12.2. The molecule has 16 heavy (non-hydrogen) atoms. The lowest BCUT2D eigenvalue weighted by atomic mass is 10.2. The highest BCUT2D eigenvalue weighted by Gasteiger charge is 2.30. The summed E-state index contributed by atoms with van der Waals surface area (Å²) < 4.78 is 37.1. The molecule has 0 saturated heterocycles. The first-order valence-electron chi connectivity index (χ1n) is 4.31. The second kappa shape index (κ2) is 5.46. The summed E-state index contributed by atoms with van der Waals surface area (Å²) in [5.74, 6) is 0. The molecule has 1 N–H and O–H groups in total. The van der Waals surface area contributed by atoms with E-state index in [4.69, 9.17) is 23.2 Å². The summed E-state index contributed by atoms with van der Waals surface area (Å²) in [5, 5.41) is 2.96. The Morgan fingerprint density at radius 3 is 2.56 bits per heavy atom. The van der Waals surface area contributed by atoms with Gasteiger partial charge in [0.1, 0.15) is 0 Å². The van der Waals surface area contributed by atoms with Crippen molar-refractivity contribution in [2.75, 3.05) is 11.9 Å². The minimum atomic E-state index is -4.37. The number of benzene rings is 1. The second-order valence-electron chi connectivity index (χ2n) is 2.93. The SMILES string of the molecule is FC(F)(F)c1ccc(Cl)c(NC/C=C/Cl)c1. The molecule has 0 aliphatic heterocycles. The molecule has 0 amide bonds. The van der Waals surface area contributed by atoms with Gasteiger partial charge in [0.05, 0.1) is 16.3 Å². The van der Waals surface area contributed by atoms with E-state index >= 15 is 0 Å². The molecule has 0 aliphatic carbocycles. The summed E-state index contributed by atoms with van der Waals surface area (Å²) in [6.07, 6.45) is -2.82. The molecular weight excluding hydrogens is 262 g/mol. The van der Waals surface area contributed by atoms with Crippen LogP contribution in [0.1, 0.15) is 5.56 Å². The quantitative estimate of drug-likeness (QED) is 0.851. The fourth-order valence-electron chi connectivity index (χ4n) is 1.05. The van der Waals surface area contributed by atoms with E-state index in [1.165, 1.54) is 11.6 Å². The van der Waals surface area contributed by atoms with Crippen LogP contribution in [0.5, 0.6) is 0 Å². The van der Waals surface area contributed by atoms with Crippen molar-refractivity contribution in [1.82, 2.24) is 0 Å². The first kappa shape index (κ1) is 13.2. The van der Waals surface area contributed by atoms with E-state index in [-0.39, 0.29) is 10.7 Å². The van der Waals surface area contributed by atoms with Gasteiger partial charge in [-0.2, -0.15) is 13.2 Å². The molecule has 1 aromatic rings. The Labute approximate surface area is 101 Å². The Balaban J connectivity index is 2.91. The van der Waals surface area contributed by atoms with Gasteiger partial charge in [-0.15, -0.1) is 0 Å². The maximum absolute atomic E-state index is 12.4. The lowest BCUT2D eigenvalue weighted by Gasteiger charge is -2.11. The van der Waals surface area contributed by atoms with Crippen molar-refractivity contribution in [3.8, 4) is 0 Å². The maximum Gasteiger partial charge on any atom is 0.416 e. The zero-order valence-electron chi connectivity index (χ0n) is 7.98. The van der Waals surface area contributed by atoms with Crippen molar-refractivity contribution in [2.24, 2.45) is 0 Å². The number of hydrogen-bond donors (Lipinski definition) is 1. The van der Waals surface area contributed by atoms with Gasteiger partial charge in [-0.1, -0.05) is 29.3 Å². The molecule has 0 bridgehead atoms. The van der Waals surface area contributed by atoms with E-state index < -0.39 is 11.7 Å². The van der Waals surface area contributed by atoms with E-state index in [0.717, 1.165) is 12.1 Å². The summed E-state index contributed by atoms with van der Waals surface area (Å²) >= 11 is 11.0. The molecule has 6 heteroatoms. The topological polar surface area (TPSA) is 12.0 Å². The van der Waals surface area contributed by atoms with Crippen LogP contribution >= 0.6 is 23.2 Å². The first-order chi connectivity index (χ1) is 7.45. The number of nitrogens with one attached hydrogen (secondary N) is 1. The molecule has 1 rings (SSSR count). The van der Waals surface area contributed by atoms with Crippen molar-refractivity contribution >= 4 is 28.9 Å². The number of halogens is 5.